The number of hydrogen-bond donors (Lipinski definition) is 1. The Labute approximate surface area is 122 Å². The molecule has 0 radical (unpaired) electrons. The van der Waals surface area contributed by atoms with Crippen LogP contribution >= 0.6 is 0 Å². The van der Waals surface area contributed by atoms with Crippen molar-refractivity contribution in [1.82, 2.24) is 19.7 Å². The first-order valence-corrected chi connectivity index (χ1v) is 6.57. The van der Waals surface area contributed by atoms with Crippen LogP contribution in [0.3, 0.4) is 0 Å². The Balaban J connectivity index is 1.78. The second-order valence-corrected chi connectivity index (χ2v) is 5.02. The Bertz CT molecular complexity index is 730. The van der Waals surface area contributed by atoms with Gasteiger partial charge in [0.15, 0.2) is 0 Å². The van der Waals surface area contributed by atoms with Crippen LogP contribution in [-0.2, 0) is 7.05 Å². The van der Waals surface area contributed by atoms with E-state index in [1.807, 2.05) is 20.2 Å². The zero-order valence-electron chi connectivity index (χ0n) is 11.9. The predicted octanol–water partition coefficient (Wildman–Crippen LogP) is 1.53. The molecular formula is C14H15N7. The number of hydrogen-bond acceptors (Lipinski definition) is 6. The van der Waals surface area contributed by atoms with E-state index in [9.17, 15) is 0 Å². The monoisotopic (exact) mass is 281 g/mol. The fraction of sp³-hybridized carbons (Fsp3) is 0.286. The highest BCUT2D eigenvalue weighted by Gasteiger charge is 2.23. The van der Waals surface area contributed by atoms with Crippen LogP contribution in [0.1, 0.15) is 5.56 Å². The topological polar surface area (TPSA) is 82.7 Å². The molecule has 7 heteroatoms. The molecule has 3 rings (SSSR count). The maximum absolute atomic E-state index is 8.63. The van der Waals surface area contributed by atoms with Gasteiger partial charge in [0.2, 0.25) is 5.95 Å². The number of nitrogens with one attached hydrogen (secondary N) is 1. The van der Waals surface area contributed by atoms with Gasteiger partial charge < -0.3 is 10.2 Å². The van der Waals surface area contributed by atoms with Gasteiger partial charge in [-0.15, -0.1) is 0 Å². The molecule has 0 spiro atoms. The van der Waals surface area contributed by atoms with Crippen molar-refractivity contribution in [2.45, 2.75) is 6.92 Å². The van der Waals surface area contributed by atoms with Crippen LogP contribution in [0.4, 0.5) is 17.5 Å². The molecule has 1 aliphatic heterocycles. The van der Waals surface area contributed by atoms with E-state index in [1.165, 1.54) is 0 Å². The second kappa shape index (κ2) is 5.25. The van der Waals surface area contributed by atoms with E-state index < -0.39 is 0 Å². The summed E-state index contributed by atoms with van der Waals surface area (Å²) >= 11 is 0. The van der Waals surface area contributed by atoms with Crippen molar-refractivity contribution in [1.29, 1.82) is 5.26 Å². The van der Waals surface area contributed by atoms with Crippen LogP contribution in [-0.4, -0.2) is 32.8 Å². The van der Waals surface area contributed by atoms with Crippen molar-refractivity contribution in [2.24, 2.45) is 7.05 Å². The standard InChI is InChI=1S/C14H15N7/c1-10-5-16-14(18-12-6-17-20(2)9-12)19-13(10)21-7-11(8-21)3-4-15/h3,5-6,9H,7-8H2,1-2H3,(H,16,18,19). The van der Waals surface area contributed by atoms with E-state index in [4.69, 9.17) is 5.26 Å². The summed E-state index contributed by atoms with van der Waals surface area (Å²) in [5.41, 5.74) is 2.99. The first-order chi connectivity index (χ1) is 10.2. The van der Waals surface area contributed by atoms with Gasteiger partial charge in [-0.3, -0.25) is 4.68 Å². The van der Waals surface area contributed by atoms with Gasteiger partial charge in [-0.05, 0) is 12.5 Å². The summed E-state index contributed by atoms with van der Waals surface area (Å²) < 4.78 is 1.71. The van der Waals surface area contributed by atoms with Gasteiger partial charge in [0.25, 0.3) is 0 Å². The average Bonchev–Trinajstić information content (AvgIpc) is 2.82. The minimum Gasteiger partial charge on any atom is -0.348 e. The van der Waals surface area contributed by atoms with Crippen molar-refractivity contribution >= 4 is 17.5 Å². The minimum atomic E-state index is 0.543. The molecule has 21 heavy (non-hydrogen) atoms. The Morgan fingerprint density at radius 2 is 2.19 bits per heavy atom. The molecule has 7 nitrogen and oxygen atoms in total. The number of aryl methyl sites for hydroxylation is 2. The Kier molecular flexibility index (Phi) is 3.28. The summed E-state index contributed by atoms with van der Waals surface area (Å²) in [4.78, 5) is 11.0. The SMILES string of the molecule is Cc1cnc(Nc2cnn(C)c2)nc1N1CC(=CC#N)C1. The van der Waals surface area contributed by atoms with Crippen molar-refractivity contribution in [3.63, 3.8) is 0 Å². The van der Waals surface area contributed by atoms with Gasteiger partial charge in [-0.1, -0.05) is 0 Å². The van der Waals surface area contributed by atoms with Crippen molar-refractivity contribution in [3.8, 4) is 6.07 Å². The second-order valence-electron chi connectivity index (χ2n) is 5.02. The normalized spacial score (nSPS) is 13.6. The molecule has 0 unspecified atom stereocenters. The maximum Gasteiger partial charge on any atom is 0.229 e. The molecule has 0 saturated carbocycles. The molecule has 3 heterocycles. The summed E-state index contributed by atoms with van der Waals surface area (Å²) in [5, 5.41) is 15.9. The Morgan fingerprint density at radius 1 is 1.38 bits per heavy atom. The lowest BCUT2D eigenvalue weighted by Gasteiger charge is -2.35. The summed E-state index contributed by atoms with van der Waals surface area (Å²) in [5.74, 6) is 1.44. The van der Waals surface area contributed by atoms with Crippen LogP contribution in [0.2, 0.25) is 0 Å². The lowest BCUT2D eigenvalue weighted by Crippen LogP contribution is -2.41. The molecular weight excluding hydrogens is 266 g/mol. The highest BCUT2D eigenvalue weighted by atomic mass is 15.3. The first-order valence-electron chi connectivity index (χ1n) is 6.57. The minimum absolute atomic E-state index is 0.543. The molecule has 1 saturated heterocycles. The molecule has 0 bridgehead atoms. The van der Waals surface area contributed by atoms with Crippen molar-refractivity contribution in [3.05, 3.63) is 35.8 Å². The molecule has 106 valence electrons. The third-order valence-electron chi connectivity index (χ3n) is 3.26. The number of aromatic nitrogens is 4. The van der Waals surface area contributed by atoms with Gasteiger partial charge in [-0.2, -0.15) is 15.3 Å². The highest BCUT2D eigenvalue weighted by Crippen LogP contribution is 2.26. The van der Waals surface area contributed by atoms with Crippen LogP contribution in [0.15, 0.2) is 30.2 Å². The molecule has 2 aromatic heterocycles. The molecule has 0 amide bonds. The molecule has 1 N–H and O–H groups in total. The number of rotatable bonds is 3. The van der Waals surface area contributed by atoms with Crippen LogP contribution in [0.25, 0.3) is 0 Å². The Morgan fingerprint density at radius 3 is 2.86 bits per heavy atom. The lowest BCUT2D eigenvalue weighted by atomic mass is 10.1. The third kappa shape index (κ3) is 2.69. The largest absolute Gasteiger partial charge is 0.348 e. The number of anilines is 3. The van der Waals surface area contributed by atoms with E-state index in [-0.39, 0.29) is 0 Å². The quantitative estimate of drug-likeness (QED) is 0.859. The number of nitriles is 1. The first kappa shape index (κ1) is 13.1. The summed E-state index contributed by atoms with van der Waals surface area (Å²) in [6.45, 7) is 3.48. The summed E-state index contributed by atoms with van der Waals surface area (Å²) in [7, 11) is 1.86. The zero-order valence-corrected chi connectivity index (χ0v) is 11.9. The molecule has 0 aromatic carbocycles. The van der Waals surface area contributed by atoms with Crippen molar-refractivity contribution in [2.75, 3.05) is 23.3 Å². The van der Waals surface area contributed by atoms with Gasteiger partial charge in [0.1, 0.15) is 5.82 Å². The lowest BCUT2D eigenvalue weighted by molar-refractivity contribution is 0.752. The van der Waals surface area contributed by atoms with E-state index in [1.54, 1.807) is 23.2 Å². The average molecular weight is 281 g/mol. The van der Waals surface area contributed by atoms with E-state index in [0.717, 1.165) is 35.7 Å². The highest BCUT2D eigenvalue weighted by molar-refractivity contribution is 5.58. The molecule has 1 aliphatic rings. The van der Waals surface area contributed by atoms with E-state index >= 15 is 0 Å². The zero-order chi connectivity index (χ0) is 14.8. The molecule has 0 aliphatic carbocycles. The Hall–Kier alpha value is -2.88. The van der Waals surface area contributed by atoms with E-state index in [2.05, 4.69) is 31.4 Å². The number of allylic oxidation sites excluding steroid dienone is 1. The third-order valence-corrected chi connectivity index (χ3v) is 3.26. The van der Waals surface area contributed by atoms with Crippen molar-refractivity contribution < 1.29 is 0 Å². The van der Waals surface area contributed by atoms with Crippen LogP contribution in [0, 0.1) is 18.3 Å². The molecule has 0 atom stereocenters. The smallest absolute Gasteiger partial charge is 0.229 e. The van der Waals surface area contributed by atoms with Crippen LogP contribution < -0.4 is 10.2 Å². The maximum atomic E-state index is 8.63. The summed E-state index contributed by atoms with van der Waals surface area (Å²) in [6, 6.07) is 2.06. The molecule has 1 fully saturated rings. The van der Waals surface area contributed by atoms with Gasteiger partial charge in [0, 0.05) is 44.2 Å². The number of nitrogens with zero attached hydrogens (tertiary/aromatic N) is 6. The van der Waals surface area contributed by atoms with Crippen LogP contribution in [0.5, 0.6) is 0 Å². The predicted molar refractivity (Wildman–Crippen MR) is 79.2 cm³/mol. The summed E-state index contributed by atoms with van der Waals surface area (Å²) in [6.07, 6.45) is 6.98. The van der Waals surface area contributed by atoms with Gasteiger partial charge in [0.05, 0.1) is 18.0 Å². The fourth-order valence-corrected chi connectivity index (χ4v) is 2.20. The molecule has 2 aromatic rings. The van der Waals surface area contributed by atoms with E-state index in [0.29, 0.717) is 5.95 Å². The fourth-order valence-electron chi connectivity index (χ4n) is 2.20. The van der Waals surface area contributed by atoms with Gasteiger partial charge in [-0.25, -0.2) is 4.98 Å². The van der Waals surface area contributed by atoms with Gasteiger partial charge >= 0.3 is 0 Å².